The van der Waals surface area contributed by atoms with Crippen molar-refractivity contribution < 1.29 is 23.2 Å². The average molecular weight is 376 g/mol. The number of carbonyl (C=O) groups excluding carboxylic acids is 1. The Labute approximate surface area is 154 Å². The number of non-ortho nitro benzene ring substituents is 1. The lowest BCUT2D eigenvalue weighted by atomic mass is 10.1. The van der Waals surface area contributed by atoms with E-state index in [2.05, 4.69) is 0 Å². The topological polar surface area (TPSA) is 72.7 Å². The normalized spacial score (nSPS) is 17.0. The Balaban J connectivity index is 1.60. The molecule has 1 atom stereocenters. The summed E-state index contributed by atoms with van der Waals surface area (Å²) in [6, 6.07) is 8.62. The molecule has 0 unspecified atom stereocenters. The molecule has 0 radical (unpaired) electrons. The molecule has 0 spiro atoms. The summed E-state index contributed by atoms with van der Waals surface area (Å²) in [5, 5.41) is 10.7. The molecular weight excluding hydrogens is 358 g/mol. The van der Waals surface area contributed by atoms with Crippen LogP contribution in [0, 0.1) is 21.7 Å². The van der Waals surface area contributed by atoms with Gasteiger partial charge in [-0.25, -0.2) is 8.78 Å². The smallest absolute Gasteiger partial charge is 0.269 e. The maximum absolute atomic E-state index is 13.7. The van der Waals surface area contributed by atoms with Gasteiger partial charge in [-0.15, -0.1) is 0 Å². The van der Waals surface area contributed by atoms with E-state index < -0.39 is 16.6 Å². The quantitative estimate of drug-likeness (QED) is 0.589. The SMILES string of the molecule is O=C(c1ccc([N+](=O)[O-])cc1)N1CCC[C@H](OCc2cc(F)ccc2F)C1. The second-order valence-corrected chi connectivity index (χ2v) is 6.37. The zero-order valence-corrected chi connectivity index (χ0v) is 14.4. The highest BCUT2D eigenvalue weighted by atomic mass is 19.1. The van der Waals surface area contributed by atoms with Gasteiger partial charge in [-0.1, -0.05) is 0 Å². The molecule has 0 aromatic heterocycles. The molecule has 1 amide bonds. The second-order valence-electron chi connectivity index (χ2n) is 6.37. The maximum atomic E-state index is 13.7. The number of carbonyl (C=O) groups is 1. The molecule has 3 rings (SSSR count). The summed E-state index contributed by atoms with van der Waals surface area (Å²) in [6.45, 7) is 0.796. The molecule has 2 aromatic rings. The first-order chi connectivity index (χ1) is 12.9. The molecule has 1 saturated heterocycles. The van der Waals surface area contributed by atoms with E-state index in [1.807, 2.05) is 0 Å². The standard InChI is InChI=1S/C19H18F2N2O4/c20-15-5-8-18(21)14(10-15)12-27-17-2-1-9-22(11-17)19(24)13-3-6-16(7-4-13)23(25)26/h3-8,10,17H,1-2,9,11-12H2/t17-/m0/s1. The van der Waals surface area contributed by atoms with E-state index in [0.29, 0.717) is 25.1 Å². The van der Waals surface area contributed by atoms with Crippen molar-refractivity contribution in [2.45, 2.75) is 25.6 Å². The fourth-order valence-corrected chi connectivity index (χ4v) is 3.03. The molecule has 1 fully saturated rings. The Bertz CT molecular complexity index is 842. The summed E-state index contributed by atoms with van der Waals surface area (Å²) >= 11 is 0. The molecule has 0 bridgehead atoms. The lowest BCUT2D eigenvalue weighted by Crippen LogP contribution is -2.43. The van der Waals surface area contributed by atoms with Gasteiger partial charge in [-0.05, 0) is 43.2 Å². The van der Waals surface area contributed by atoms with Crippen LogP contribution >= 0.6 is 0 Å². The fourth-order valence-electron chi connectivity index (χ4n) is 3.03. The highest BCUT2D eigenvalue weighted by molar-refractivity contribution is 5.94. The predicted octanol–water partition coefficient (Wildman–Crippen LogP) is 3.69. The molecule has 2 aromatic carbocycles. The molecule has 1 heterocycles. The minimum atomic E-state index is -0.536. The number of nitro benzene ring substituents is 1. The van der Waals surface area contributed by atoms with Gasteiger partial charge in [0.25, 0.3) is 11.6 Å². The number of benzene rings is 2. The third-order valence-electron chi connectivity index (χ3n) is 4.47. The van der Waals surface area contributed by atoms with E-state index in [9.17, 15) is 23.7 Å². The van der Waals surface area contributed by atoms with Crippen molar-refractivity contribution in [3.8, 4) is 0 Å². The van der Waals surface area contributed by atoms with E-state index in [1.54, 1.807) is 4.90 Å². The third kappa shape index (κ3) is 4.65. The van der Waals surface area contributed by atoms with E-state index >= 15 is 0 Å². The Morgan fingerprint density at radius 3 is 2.67 bits per heavy atom. The summed E-state index contributed by atoms with van der Waals surface area (Å²) in [6.07, 6.45) is 1.14. The van der Waals surface area contributed by atoms with Crippen molar-refractivity contribution in [3.05, 3.63) is 75.3 Å². The van der Waals surface area contributed by atoms with E-state index in [-0.39, 0.29) is 29.9 Å². The number of nitro groups is 1. The number of piperidine rings is 1. The summed E-state index contributed by atoms with van der Waals surface area (Å²) in [5.74, 6) is -1.31. The molecule has 0 aliphatic carbocycles. The lowest BCUT2D eigenvalue weighted by molar-refractivity contribution is -0.384. The predicted molar refractivity (Wildman–Crippen MR) is 93.2 cm³/mol. The fraction of sp³-hybridized carbons (Fsp3) is 0.316. The first-order valence-corrected chi connectivity index (χ1v) is 8.53. The molecule has 142 valence electrons. The van der Waals surface area contributed by atoms with Crippen LogP contribution in [0.15, 0.2) is 42.5 Å². The molecule has 8 heteroatoms. The van der Waals surface area contributed by atoms with E-state index in [4.69, 9.17) is 4.74 Å². The third-order valence-corrected chi connectivity index (χ3v) is 4.47. The van der Waals surface area contributed by atoms with Gasteiger partial charge in [0.2, 0.25) is 0 Å². The molecule has 6 nitrogen and oxygen atoms in total. The highest BCUT2D eigenvalue weighted by Gasteiger charge is 2.25. The van der Waals surface area contributed by atoms with Crippen LogP contribution in [-0.4, -0.2) is 34.9 Å². The summed E-state index contributed by atoms with van der Waals surface area (Å²) in [7, 11) is 0. The Kier molecular flexibility index (Phi) is 5.75. The Hall–Kier alpha value is -2.87. The van der Waals surface area contributed by atoms with Gasteiger partial charge in [-0.2, -0.15) is 0 Å². The first kappa shape index (κ1) is 18.9. The highest BCUT2D eigenvalue weighted by Crippen LogP contribution is 2.20. The van der Waals surface area contributed by atoms with E-state index in [0.717, 1.165) is 24.6 Å². The number of likely N-dealkylation sites (tertiary alicyclic amines) is 1. The summed E-state index contributed by atoms with van der Waals surface area (Å²) in [4.78, 5) is 24.4. The maximum Gasteiger partial charge on any atom is 0.269 e. The summed E-state index contributed by atoms with van der Waals surface area (Å²) in [5.41, 5.74) is 0.412. The van der Waals surface area contributed by atoms with Crippen molar-refractivity contribution in [1.82, 2.24) is 4.90 Å². The molecule has 0 N–H and O–H groups in total. The van der Waals surface area contributed by atoms with Gasteiger partial charge in [0.05, 0.1) is 17.6 Å². The summed E-state index contributed by atoms with van der Waals surface area (Å²) < 4.78 is 32.6. The van der Waals surface area contributed by atoms with Crippen molar-refractivity contribution >= 4 is 11.6 Å². The zero-order valence-electron chi connectivity index (χ0n) is 14.4. The number of hydrogen-bond donors (Lipinski definition) is 0. The number of ether oxygens (including phenoxy) is 1. The van der Waals surface area contributed by atoms with Gasteiger partial charge in [0.1, 0.15) is 11.6 Å². The molecule has 27 heavy (non-hydrogen) atoms. The monoisotopic (exact) mass is 376 g/mol. The van der Waals surface area contributed by atoms with Crippen molar-refractivity contribution in [3.63, 3.8) is 0 Å². The van der Waals surface area contributed by atoms with Crippen LogP contribution in [0.25, 0.3) is 0 Å². The molecule has 1 aliphatic heterocycles. The minimum Gasteiger partial charge on any atom is -0.372 e. The number of hydrogen-bond acceptors (Lipinski definition) is 4. The number of nitrogens with zero attached hydrogens (tertiary/aromatic N) is 2. The number of rotatable bonds is 5. The van der Waals surface area contributed by atoms with Crippen LogP contribution in [0.5, 0.6) is 0 Å². The Morgan fingerprint density at radius 1 is 1.22 bits per heavy atom. The largest absolute Gasteiger partial charge is 0.372 e. The van der Waals surface area contributed by atoms with E-state index in [1.165, 1.54) is 24.3 Å². The van der Waals surface area contributed by atoms with Crippen LogP contribution in [0.3, 0.4) is 0 Å². The molecule has 1 aliphatic rings. The van der Waals surface area contributed by atoms with Gasteiger partial charge < -0.3 is 9.64 Å². The van der Waals surface area contributed by atoms with Gasteiger partial charge in [-0.3, -0.25) is 14.9 Å². The first-order valence-electron chi connectivity index (χ1n) is 8.53. The van der Waals surface area contributed by atoms with Crippen molar-refractivity contribution in [2.75, 3.05) is 13.1 Å². The van der Waals surface area contributed by atoms with Crippen LogP contribution in [0.2, 0.25) is 0 Å². The molecular formula is C19H18F2N2O4. The van der Waals surface area contributed by atoms with Crippen LogP contribution in [0.4, 0.5) is 14.5 Å². The number of amides is 1. The van der Waals surface area contributed by atoms with Gasteiger partial charge in [0, 0.05) is 36.3 Å². The van der Waals surface area contributed by atoms with Crippen molar-refractivity contribution in [2.24, 2.45) is 0 Å². The zero-order chi connectivity index (χ0) is 19.4. The molecule has 0 saturated carbocycles. The average Bonchev–Trinajstić information content (AvgIpc) is 2.68. The Morgan fingerprint density at radius 2 is 1.96 bits per heavy atom. The lowest BCUT2D eigenvalue weighted by Gasteiger charge is -2.32. The van der Waals surface area contributed by atoms with Crippen LogP contribution in [0.1, 0.15) is 28.8 Å². The number of halogens is 2. The van der Waals surface area contributed by atoms with Crippen LogP contribution in [-0.2, 0) is 11.3 Å². The second kappa shape index (κ2) is 8.22. The van der Waals surface area contributed by atoms with Crippen LogP contribution < -0.4 is 0 Å². The minimum absolute atomic E-state index is 0.0756. The van der Waals surface area contributed by atoms with Gasteiger partial charge >= 0.3 is 0 Å². The van der Waals surface area contributed by atoms with Gasteiger partial charge in [0.15, 0.2) is 0 Å². The van der Waals surface area contributed by atoms with Crippen molar-refractivity contribution in [1.29, 1.82) is 0 Å².